The monoisotopic (exact) mass is 444 g/mol. The lowest BCUT2D eigenvalue weighted by atomic mass is 10.0. The van der Waals surface area contributed by atoms with Crippen LogP contribution in [0.5, 0.6) is 0 Å². The molecule has 0 heterocycles. The van der Waals surface area contributed by atoms with Crippen LogP contribution in [0.4, 0.5) is 0 Å². The van der Waals surface area contributed by atoms with Gasteiger partial charge >= 0.3 is 5.97 Å². The van der Waals surface area contributed by atoms with E-state index >= 15 is 0 Å². The van der Waals surface area contributed by atoms with Crippen molar-refractivity contribution in [1.82, 2.24) is 10.0 Å². The minimum absolute atomic E-state index is 0.0230. The van der Waals surface area contributed by atoms with Crippen molar-refractivity contribution in [2.75, 3.05) is 6.61 Å². The standard InChI is InChI=1S/C23H28N2O5S/c1-2-30-22(26)16-21(17-9-4-3-5-10-17)24-23(27)18-11-8-14-20(15-18)31(28,29)25-19-12-6-7-13-19/h3-5,8-11,14-15,19,21,25H,2,6-7,12-13,16H2,1H3,(H,24,27). The second-order valence-electron chi connectivity index (χ2n) is 7.58. The average Bonchev–Trinajstić information content (AvgIpc) is 3.26. The van der Waals surface area contributed by atoms with Crippen LogP contribution in [0.25, 0.3) is 0 Å². The topological polar surface area (TPSA) is 102 Å². The molecule has 1 amide bonds. The van der Waals surface area contributed by atoms with E-state index in [-0.39, 0.29) is 29.5 Å². The molecule has 0 aromatic heterocycles. The van der Waals surface area contributed by atoms with Gasteiger partial charge in [0.05, 0.1) is 24.0 Å². The SMILES string of the molecule is CCOC(=O)CC(NC(=O)c1cccc(S(=O)(=O)NC2CCCC2)c1)c1ccccc1. The Morgan fingerprint density at radius 3 is 2.45 bits per heavy atom. The van der Waals surface area contributed by atoms with Crippen LogP contribution in [0.3, 0.4) is 0 Å². The van der Waals surface area contributed by atoms with E-state index in [1.165, 1.54) is 12.1 Å². The lowest BCUT2D eigenvalue weighted by Crippen LogP contribution is -2.33. The molecule has 0 bridgehead atoms. The zero-order valence-corrected chi connectivity index (χ0v) is 18.4. The van der Waals surface area contributed by atoms with Crippen molar-refractivity contribution in [3.63, 3.8) is 0 Å². The van der Waals surface area contributed by atoms with Crippen molar-refractivity contribution in [2.24, 2.45) is 0 Å². The highest BCUT2D eigenvalue weighted by Crippen LogP contribution is 2.22. The Balaban J connectivity index is 1.77. The van der Waals surface area contributed by atoms with E-state index in [2.05, 4.69) is 10.0 Å². The maximum absolute atomic E-state index is 12.9. The first-order valence-electron chi connectivity index (χ1n) is 10.5. The summed E-state index contributed by atoms with van der Waals surface area (Å²) in [6, 6.07) is 14.4. The van der Waals surface area contributed by atoms with Gasteiger partial charge in [-0.3, -0.25) is 9.59 Å². The molecular weight excluding hydrogens is 416 g/mol. The van der Waals surface area contributed by atoms with Gasteiger partial charge in [-0.1, -0.05) is 49.2 Å². The van der Waals surface area contributed by atoms with Gasteiger partial charge in [0, 0.05) is 11.6 Å². The third-order valence-corrected chi connectivity index (χ3v) is 6.79. The summed E-state index contributed by atoms with van der Waals surface area (Å²) in [5, 5.41) is 2.84. The molecule has 3 rings (SSSR count). The number of carbonyl (C=O) groups is 2. The fourth-order valence-corrected chi connectivity index (χ4v) is 5.05. The van der Waals surface area contributed by atoms with Crippen molar-refractivity contribution in [3.05, 3.63) is 65.7 Å². The Labute approximate surface area is 183 Å². The summed E-state index contributed by atoms with van der Waals surface area (Å²) >= 11 is 0. The van der Waals surface area contributed by atoms with Crippen LogP contribution in [0, 0.1) is 0 Å². The smallest absolute Gasteiger partial charge is 0.308 e. The molecule has 0 spiro atoms. The van der Waals surface area contributed by atoms with E-state index in [1.807, 2.05) is 30.3 Å². The summed E-state index contributed by atoms with van der Waals surface area (Å²) in [6.45, 7) is 1.97. The molecule has 1 saturated carbocycles. The number of sulfonamides is 1. The van der Waals surface area contributed by atoms with E-state index in [0.717, 1.165) is 31.2 Å². The molecule has 1 unspecified atom stereocenters. The van der Waals surface area contributed by atoms with Crippen molar-refractivity contribution < 1.29 is 22.7 Å². The number of amides is 1. The van der Waals surface area contributed by atoms with Gasteiger partial charge in [0.25, 0.3) is 5.91 Å². The van der Waals surface area contributed by atoms with Crippen LogP contribution >= 0.6 is 0 Å². The molecule has 1 aliphatic carbocycles. The molecule has 2 N–H and O–H groups in total. The number of hydrogen-bond acceptors (Lipinski definition) is 5. The zero-order valence-electron chi connectivity index (χ0n) is 17.5. The van der Waals surface area contributed by atoms with Gasteiger partial charge in [0.1, 0.15) is 0 Å². The van der Waals surface area contributed by atoms with Crippen molar-refractivity contribution in [3.8, 4) is 0 Å². The maximum Gasteiger partial charge on any atom is 0.308 e. The minimum Gasteiger partial charge on any atom is -0.466 e. The molecule has 8 heteroatoms. The fraction of sp³-hybridized carbons (Fsp3) is 0.391. The molecule has 1 atom stereocenters. The highest BCUT2D eigenvalue weighted by Gasteiger charge is 2.24. The first kappa shape index (κ1) is 23.0. The molecule has 0 radical (unpaired) electrons. The van der Waals surface area contributed by atoms with E-state index in [1.54, 1.807) is 19.1 Å². The predicted molar refractivity (Wildman–Crippen MR) is 117 cm³/mol. The van der Waals surface area contributed by atoms with Gasteiger partial charge in [-0.15, -0.1) is 0 Å². The van der Waals surface area contributed by atoms with Crippen LogP contribution in [0.15, 0.2) is 59.5 Å². The van der Waals surface area contributed by atoms with Crippen LogP contribution in [0.1, 0.15) is 61.0 Å². The van der Waals surface area contributed by atoms with Crippen molar-refractivity contribution in [1.29, 1.82) is 0 Å². The van der Waals surface area contributed by atoms with Gasteiger partial charge in [-0.05, 0) is 43.5 Å². The first-order valence-corrected chi connectivity index (χ1v) is 12.0. The number of ether oxygens (including phenoxy) is 1. The number of nitrogens with one attached hydrogen (secondary N) is 2. The highest BCUT2D eigenvalue weighted by atomic mass is 32.2. The minimum atomic E-state index is -3.71. The number of carbonyl (C=O) groups excluding carboxylic acids is 2. The van der Waals surface area contributed by atoms with Gasteiger partial charge in [0.2, 0.25) is 10.0 Å². The zero-order chi connectivity index (χ0) is 22.3. The molecule has 166 valence electrons. The summed E-state index contributed by atoms with van der Waals surface area (Å²) in [5.74, 6) is -0.884. The molecule has 0 aliphatic heterocycles. The Kier molecular flexibility index (Phi) is 7.81. The lowest BCUT2D eigenvalue weighted by Gasteiger charge is -2.19. The molecule has 7 nitrogen and oxygen atoms in total. The molecule has 0 saturated heterocycles. The molecule has 31 heavy (non-hydrogen) atoms. The summed E-state index contributed by atoms with van der Waals surface area (Å²) < 4.78 is 33.2. The molecule has 1 fully saturated rings. The van der Waals surface area contributed by atoms with E-state index < -0.39 is 27.9 Å². The number of rotatable bonds is 9. The van der Waals surface area contributed by atoms with Gasteiger partial charge < -0.3 is 10.1 Å². The number of benzene rings is 2. The van der Waals surface area contributed by atoms with E-state index in [9.17, 15) is 18.0 Å². The summed E-state index contributed by atoms with van der Waals surface area (Å²) in [6.07, 6.45) is 3.65. The Hall–Kier alpha value is -2.71. The van der Waals surface area contributed by atoms with Crippen LogP contribution in [-0.4, -0.2) is 32.9 Å². The molecule has 2 aromatic rings. The largest absolute Gasteiger partial charge is 0.466 e. The molecular formula is C23H28N2O5S. The predicted octanol–water partition coefficient (Wildman–Crippen LogP) is 3.33. The number of hydrogen-bond donors (Lipinski definition) is 2. The Morgan fingerprint density at radius 1 is 1.06 bits per heavy atom. The summed E-state index contributed by atoms with van der Waals surface area (Å²) in [5.41, 5.74) is 0.967. The quantitative estimate of drug-likeness (QED) is 0.578. The second-order valence-corrected chi connectivity index (χ2v) is 9.29. The normalized spacial score (nSPS) is 15.4. The first-order chi connectivity index (χ1) is 14.9. The van der Waals surface area contributed by atoms with Crippen LogP contribution in [-0.2, 0) is 19.6 Å². The highest BCUT2D eigenvalue weighted by molar-refractivity contribution is 7.89. The van der Waals surface area contributed by atoms with Crippen LogP contribution in [0.2, 0.25) is 0 Å². The summed E-state index contributed by atoms with van der Waals surface area (Å²) in [4.78, 5) is 25.0. The lowest BCUT2D eigenvalue weighted by molar-refractivity contribution is -0.143. The van der Waals surface area contributed by atoms with Gasteiger partial charge in [-0.2, -0.15) is 0 Å². The Morgan fingerprint density at radius 2 is 1.77 bits per heavy atom. The van der Waals surface area contributed by atoms with Gasteiger partial charge in [0.15, 0.2) is 0 Å². The van der Waals surface area contributed by atoms with Crippen molar-refractivity contribution >= 4 is 21.9 Å². The second kappa shape index (κ2) is 10.5. The third-order valence-electron chi connectivity index (χ3n) is 5.27. The Bertz CT molecular complexity index is 1000. The van der Waals surface area contributed by atoms with Gasteiger partial charge in [-0.25, -0.2) is 13.1 Å². The summed E-state index contributed by atoms with van der Waals surface area (Å²) in [7, 11) is -3.71. The van der Waals surface area contributed by atoms with E-state index in [4.69, 9.17) is 4.74 Å². The third kappa shape index (κ3) is 6.38. The maximum atomic E-state index is 12.9. The van der Waals surface area contributed by atoms with Crippen molar-refractivity contribution in [2.45, 2.75) is 56.0 Å². The molecule has 2 aromatic carbocycles. The number of esters is 1. The average molecular weight is 445 g/mol. The van der Waals surface area contributed by atoms with Crippen LogP contribution < -0.4 is 10.0 Å². The van der Waals surface area contributed by atoms with E-state index in [0.29, 0.717) is 0 Å². The molecule has 1 aliphatic rings. The fourth-order valence-electron chi connectivity index (χ4n) is 3.70.